The number of nitrogens with zero attached hydrogens (tertiary/aromatic N) is 3. The van der Waals surface area contributed by atoms with Crippen LogP contribution in [0.5, 0.6) is 5.75 Å². The Morgan fingerprint density at radius 1 is 1.15 bits per heavy atom. The van der Waals surface area contributed by atoms with Gasteiger partial charge in [-0.3, -0.25) is 0 Å². The van der Waals surface area contributed by atoms with Crippen molar-refractivity contribution in [2.45, 2.75) is 25.9 Å². The van der Waals surface area contributed by atoms with Gasteiger partial charge < -0.3 is 14.7 Å². The molecule has 0 bridgehead atoms. The molecule has 1 unspecified atom stereocenters. The van der Waals surface area contributed by atoms with Gasteiger partial charge in [0.25, 0.3) is 0 Å². The fourth-order valence-electron chi connectivity index (χ4n) is 3.57. The Balaban J connectivity index is 1.89. The second kappa shape index (κ2) is 6.92. The number of ether oxygens (including phenoxy) is 1. The first kappa shape index (κ1) is 16.8. The average Bonchev–Trinajstić information content (AvgIpc) is 2.67. The summed E-state index contributed by atoms with van der Waals surface area (Å²) < 4.78 is 5.58. The van der Waals surface area contributed by atoms with Gasteiger partial charge in [0, 0.05) is 25.6 Å². The van der Waals surface area contributed by atoms with Crippen molar-refractivity contribution in [1.29, 1.82) is 0 Å². The van der Waals surface area contributed by atoms with E-state index in [-0.39, 0.29) is 11.9 Å². The van der Waals surface area contributed by atoms with Gasteiger partial charge in [-0.25, -0.2) is 9.97 Å². The van der Waals surface area contributed by atoms with Crippen molar-refractivity contribution in [2.24, 2.45) is 0 Å². The zero-order valence-corrected chi connectivity index (χ0v) is 15.1. The number of piperidine rings is 1. The normalized spacial score (nSPS) is 17.6. The third-order valence-electron chi connectivity index (χ3n) is 4.99. The van der Waals surface area contributed by atoms with Crippen molar-refractivity contribution in [3.8, 4) is 17.1 Å². The van der Waals surface area contributed by atoms with E-state index in [1.165, 1.54) is 0 Å². The number of anilines is 1. The minimum Gasteiger partial charge on any atom is -0.507 e. The van der Waals surface area contributed by atoms with Crippen molar-refractivity contribution >= 4 is 16.7 Å². The molecular formula is C21H23N3O2. The fraction of sp³-hybridized carbons (Fsp3) is 0.333. The largest absolute Gasteiger partial charge is 0.507 e. The Kier molecular flexibility index (Phi) is 4.47. The number of phenols is 1. The number of fused-ring (bicyclic) bond motifs is 1. The van der Waals surface area contributed by atoms with E-state index < -0.39 is 0 Å². The van der Waals surface area contributed by atoms with Crippen molar-refractivity contribution in [1.82, 2.24) is 9.97 Å². The molecule has 4 rings (SSSR count). The first-order chi connectivity index (χ1) is 12.7. The number of aromatic nitrogens is 2. The zero-order valence-electron chi connectivity index (χ0n) is 15.1. The summed E-state index contributed by atoms with van der Waals surface area (Å²) in [6, 6.07) is 13.5. The number of hydrogen-bond acceptors (Lipinski definition) is 5. The summed E-state index contributed by atoms with van der Waals surface area (Å²) in [5, 5.41) is 11.3. The Labute approximate surface area is 153 Å². The van der Waals surface area contributed by atoms with E-state index in [2.05, 4.69) is 30.0 Å². The molecule has 3 aromatic rings. The Morgan fingerprint density at radius 2 is 2.00 bits per heavy atom. The van der Waals surface area contributed by atoms with E-state index in [1.807, 2.05) is 12.1 Å². The summed E-state index contributed by atoms with van der Waals surface area (Å²) in [5.41, 5.74) is 2.70. The summed E-state index contributed by atoms with van der Waals surface area (Å²) in [4.78, 5) is 11.9. The highest BCUT2D eigenvalue weighted by Crippen LogP contribution is 2.33. The highest BCUT2D eigenvalue weighted by atomic mass is 16.5. The Morgan fingerprint density at radius 3 is 2.81 bits per heavy atom. The molecule has 0 spiro atoms. The maximum absolute atomic E-state index is 10.3. The molecule has 1 fully saturated rings. The van der Waals surface area contributed by atoms with E-state index >= 15 is 0 Å². The summed E-state index contributed by atoms with van der Waals surface area (Å²) in [6.45, 7) is 3.82. The number of aromatic hydroxyl groups is 1. The van der Waals surface area contributed by atoms with Gasteiger partial charge in [0.2, 0.25) is 0 Å². The predicted octanol–water partition coefficient (Wildman–Crippen LogP) is 3.93. The second-order valence-corrected chi connectivity index (χ2v) is 6.85. The van der Waals surface area contributed by atoms with Crippen LogP contribution < -0.4 is 4.90 Å². The van der Waals surface area contributed by atoms with Crippen LogP contribution in [0.15, 0.2) is 42.5 Å². The molecule has 2 heterocycles. The number of methoxy groups -OCH3 is 1. The van der Waals surface area contributed by atoms with Crippen LogP contribution >= 0.6 is 0 Å². The average molecular weight is 349 g/mol. The van der Waals surface area contributed by atoms with Gasteiger partial charge in [0.15, 0.2) is 5.82 Å². The zero-order chi connectivity index (χ0) is 18.1. The molecular weight excluding hydrogens is 326 g/mol. The minimum absolute atomic E-state index is 0.193. The quantitative estimate of drug-likeness (QED) is 0.776. The lowest BCUT2D eigenvalue weighted by molar-refractivity contribution is 0.0892. The van der Waals surface area contributed by atoms with Crippen LogP contribution in [-0.2, 0) is 4.74 Å². The van der Waals surface area contributed by atoms with Gasteiger partial charge >= 0.3 is 0 Å². The van der Waals surface area contributed by atoms with Crippen LogP contribution in [0.3, 0.4) is 0 Å². The highest BCUT2D eigenvalue weighted by Gasteiger charge is 2.23. The van der Waals surface area contributed by atoms with Crippen LogP contribution in [-0.4, -0.2) is 41.4 Å². The highest BCUT2D eigenvalue weighted by molar-refractivity contribution is 5.92. The van der Waals surface area contributed by atoms with Crippen molar-refractivity contribution in [3.05, 3.63) is 48.0 Å². The van der Waals surface area contributed by atoms with Gasteiger partial charge in [-0.1, -0.05) is 18.2 Å². The van der Waals surface area contributed by atoms with Gasteiger partial charge in [-0.2, -0.15) is 0 Å². The molecule has 2 aromatic carbocycles. The third kappa shape index (κ3) is 3.10. The monoisotopic (exact) mass is 349 g/mol. The van der Waals surface area contributed by atoms with Crippen molar-refractivity contribution < 1.29 is 9.84 Å². The summed E-state index contributed by atoms with van der Waals surface area (Å²) in [6.07, 6.45) is 2.36. The molecule has 134 valence electrons. The number of phenolic OH excluding ortho intramolecular Hbond substituents is 1. The van der Waals surface area contributed by atoms with Crippen molar-refractivity contribution in [3.63, 3.8) is 0 Å². The number of para-hydroxylation sites is 1. The molecule has 5 nitrogen and oxygen atoms in total. The molecule has 0 aliphatic carbocycles. The topological polar surface area (TPSA) is 58.5 Å². The molecule has 0 amide bonds. The molecule has 1 aliphatic rings. The van der Waals surface area contributed by atoms with E-state index in [0.717, 1.165) is 48.2 Å². The molecule has 5 heteroatoms. The first-order valence-electron chi connectivity index (χ1n) is 9.00. The Bertz CT molecular complexity index is 942. The summed E-state index contributed by atoms with van der Waals surface area (Å²) in [7, 11) is 1.77. The van der Waals surface area contributed by atoms with Crippen LogP contribution in [0, 0.1) is 6.92 Å². The molecule has 1 atom stereocenters. The molecule has 1 N–H and O–H groups in total. The molecule has 1 aliphatic heterocycles. The summed E-state index contributed by atoms with van der Waals surface area (Å²) >= 11 is 0. The lowest BCUT2D eigenvalue weighted by Gasteiger charge is -2.33. The Hall–Kier alpha value is -2.66. The number of aryl methyl sites for hydroxylation is 1. The summed E-state index contributed by atoms with van der Waals surface area (Å²) in [5.74, 6) is 1.66. The maximum atomic E-state index is 10.3. The van der Waals surface area contributed by atoms with Gasteiger partial charge in [0.05, 0.1) is 17.2 Å². The first-order valence-corrected chi connectivity index (χ1v) is 9.00. The third-order valence-corrected chi connectivity index (χ3v) is 4.99. The van der Waals surface area contributed by atoms with Gasteiger partial charge in [-0.15, -0.1) is 0 Å². The minimum atomic E-state index is 0.193. The SMILES string of the molecule is COC1CCCN(c2nc(-c3ccccc3O)nc3cc(C)ccc23)C1. The van der Waals surface area contributed by atoms with E-state index in [0.29, 0.717) is 11.4 Å². The fourth-order valence-corrected chi connectivity index (χ4v) is 3.57. The maximum Gasteiger partial charge on any atom is 0.165 e. The molecule has 1 aromatic heterocycles. The van der Waals surface area contributed by atoms with Gasteiger partial charge in [-0.05, 0) is 49.6 Å². The molecule has 0 radical (unpaired) electrons. The predicted molar refractivity (Wildman–Crippen MR) is 104 cm³/mol. The number of benzene rings is 2. The van der Waals surface area contributed by atoms with Crippen LogP contribution in [0.2, 0.25) is 0 Å². The van der Waals surface area contributed by atoms with Crippen molar-refractivity contribution in [2.75, 3.05) is 25.1 Å². The standard InChI is InChI=1S/C21H23N3O2/c1-14-9-10-16-18(12-14)22-20(17-7-3-4-8-19(17)25)23-21(16)24-11-5-6-15(13-24)26-2/h3-4,7-10,12,15,25H,5-6,11,13H2,1-2H3. The lowest BCUT2D eigenvalue weighted by atomic mass is 10.1. The number of hydrogen-bond donors (Lipinski definition) is 1. The smallest absolute Gasteiger partial charge is 0.165 e. The van der Waals surface area contributed by atoms with Crippen LogP contribution in [0.1, 0.15) is 18.4 Å². The lowest BCUT2D eigenvalue weighted by Crippen LogP contribution is -2.39. The molecule has 0 saturated carbocycles. The van der Waals surface area contributed by atoms with E-state index in [4.69, 9.17) is 14.7 Å². The molecule has 1 saturated heterocycles. The van der Waals surface area contributed by atoms with Crippen LogP contribution in [0.25, 0.3) is 22.3 Å². The second-order valence-electron chi connectivity index (χ2n) is 6.85. The van der Waals surface area contributed by atoms with E-state index in [1.54, 1.807) is 19.2 Å². The molecule has 26 heavy (non-hydrogen) atoms. The van der Waals surface area contributed by atoms with Crippen LogP contribution in [0.4, 0.5) is 5.82 Å². The van der Waals surface area contributed by atoms with Gasteiger partial charge in [0.1, 0.15) is 11.6 Å². The number of rotatable bonds is 3. The van der Waals surface area contributed by atoms with E-state index in [9.17, 15) is 5.11 Å².